The zero-order valence-electron chi connectivity index (χ0n) is 11.2. The van der Waals surface area contributed by atoms with Gasteiger partial charge in [-0.25, -0.2) is 9.37 Å². The van der Waals surface area contributed by atoms with Crippen LogP contribution in [0, 0.1) is 5.82 Å². The summed E-state index contributed by atoms with van der Waals surface area (Å²) < 4.78 is 18.7. The van der Waals surface area contributed by atoms with E-state index in [0.29, 0.717) is 19.7 Å². The minimum atomic E-state index is -0.527. The average Bonchev–Trinajstić information content (AvgIpc) is 2.98. The first-order valence-electron chi connectivity index (χ1n) is 6.51. The van der Waals surface area contributed by atoms with E-state index in [1.54, 1.807) is 17.5 Å². The molecule has 21 heavy (non-hydrogen) atoms. The van der Waals surface area contributed by atoms with E-state index in [9.17, 15) is 9.18 Å². The lowest BCUT2D eigenvalue weighted by molar-refractivity contribution is 0.0397. The molecule has 1 fully saturated rings. The molecule has 5 nitrogen and oxygen atoms in total. The van der Waals surface area contributed by atoms with Crippen LogP contribution in [0.25, 0.3) is 0 Å². The van der Waals surface area contributed by atoms with Crippen molar-refractivity contribution in [3.63, 3.8) is 0 Å². The Labute approximate surface area is 125 Å². The Morgan fingerprint density at radius 2 is 2.19 bits per heavy atom. The lowest BCUT2D eigenvalue weighted by Crippen LogP contribution is -2.38. The number of nitrogens with zero attached hydrogens (tertiary/aromatic N) is 2. The van der Waals surface area contributed by atoms with Gasteiger partial charge in [-0.2, -0.15) is 0 Å². The van der Waals surface area contributed by atoms with Crippen molar-refractivity contribution in [2.75, 3.05) is 24.6 Å². The van der Waals surface area contributed by atoms with Gasteiger partial charge in [0.1, 0.15) is 17.6 Å². The predicted molar refractivity (Wildman–Crippen MR) is 77.9 cm³/mol. The van der Waals surface area contributed by atoms with Crippen molar-refractivity contribution in [2.24, 2.45) is 5.73 Å². The van der Waals surface area contributed by atoms with Gasteiger partial charge in [0.05, 0.1) is 13.2 Å². The van der Waals surface area contributed by atoms with Crippen molar-refractivity contribution >= 4 is 22.4 Å². The molecule has 7 heteroatoms. The van der Waals surface area contributed by atoms with E-state index in [1.807, 2.05) is 0 Å². The summed E-state index contributed by atoms with van der Waals surface area (Å²) >= 11 is 1.38. The minimum absolute atomic E-state index is 0.139. The van der Waals surface area contributed by atoms with E-state index in [0.717, 1.165) is 10.7 Å². The first kappa shape index (κ1) is 14.0. The second-order valence-corrected chi connectivity index (χ2v) is 5.57. The highest BCUT2D eigenvalue weighted by molar-refractivity contribution is 7.13. The van der Waals surface area contributed by atoms with Crippen LogP contribution in [0.4, 0.5) is 9.52 Å². The summed E-state index contributed by atoms with van der Waals surface area (Å²) in [4.78, 5) is 17.4. The molecule has 2 aromatic rings. The standard InChI is InChI=1S/C14H14FN3O2S/c15-10-3-1-9(2-4-10)12-7-18(5-6-20-12)14-17-11(8-21-14)13(16)19/h1-4,8,12H,5-7H2,(H2,16,19). The van der Waals surface area contributed by atoms with Crippen LogP contribution in [-0.4, -0.2) is 30.6 Å². The van der Waals surface area contributed by atoms with E-state index in [-0.39, 0.29) is 17.6 Å². The van der Waals surface area contributed by atoms with Gasteiger partial charge in [-0.15, -0.1) is 11.3 Å². The molecule has 1 aromatic heterocycles. The Kier molecular flexibility index (Phi) is 3.85. The number of hydrogen-bond acceptors (Lipinski definition) is 5. The molecule has 0 saturated carbocycles. The molecule has 3 rings (SSSR count). The molecular formula is C14H14FN3O2S. The lowest BCUT2D eigenvalue weighted by Gasteiger charge is -2.33. The Morgan fingerprint density at radius 3 is 2.86 bits per heavy atom. The van der Waals surface area contributed by atoms with Crippen molar-refractivity contribution in [1.82, 2.24) is 4.98 Å². The van der Waals surface area contributed by atoms with Crippen molar-refractivity contribution in [1.29, 1.82) is 0 Å². The number of hydrogen-bond donors (Lipinski definition) is 1. The normalized spacial score (nSPS) is 18.7. The van der Waals surface area contributed by atoms with E-state index in [4.69, 9.17) is 10.5 Å². The highest BCUT2D eigenvalue weighted by Gasteiger charge is 2.24. The van der Waals surface area contributed by atoms with E-state index < -0.39 is 5.91 Å². The molecule has 0 radical (unpaired) electrons. The molecule has 2 N–H and O–H groups in total. The molecule has 0 bridgehead atoms. The van der Waals surface area contributed by atoms with Crippen LogP contribution in [0.3, 0.4) is 0 Å². The number of rotatable bonds is 3. The molecule has 1 atom stereocenters. The highest BCUT2D eigenvalue weighted by atomic mass is 32.1. The molecule has 1 amide bonds. The minimum Gasteiger partial charge on any atom is -0.370 e. The smallest absolute Gasteiger partial charge is 0.268 e. The molecule has 1 saturated heterocycles. The zero-order valence-corrected chi connectivity index (χ0v) is 12.0. The molecule has 1 aromatic carbocycles. The molecule has 110 valence electrons. The summed E-state index contributed by atoms with van der Waals surface area (Å²) in [5.74, 6) is -0.793. The van der Waals surface area contributed by atoms with Gasteiger partial charge in [0.15, 0.2) is 5.13 Å². The topological polar surface area (TPSA) is 68.5 Å². The Balaban J connectivity index is 1.75. The van der Waals surface area contributed by atoms with Crippen molar-refractivity contribution in [3.05, 3.63) is 46.7 Å². The predicted octanol–water partition coefficient (Wildman–Crippen LogP) is 1.96. The van der Waals surface area contributed by atoms with Crippen LogP contribution in [0.2, 0.25) is 0 Å². The molecule has 1 unspecified atom stereocenters. The van der Waals surface area contributed by atoms with Gasteiger partial charge in [-0.3, -0.25) is 4.79 Å². The maximum atomic E-state index is 13.0. The number of thiazole rings is 1. The van der Waals surface area contributed by atoms with Crippen LogP contribution >= 0.6 is 11.3 Å². The van der Waals surface area contributed by atoms with Crippen LogP contribution in [0.1, 0.15) is 22.2 Å². The summed E-state index contributed by atoms with van der Waals surface area (Å²) in [6, 6.07) is 6.29. The third-order valence-electron chi connectivity index (χ3n) is 3.32. The fourth-order valence-corrected chi connectivity index (χ4v) is 3.08. The van der Waals surface area contributed by atoms with Gasteiger partial charge in [-0.1, -0.05) is 12.1 Å². The van der Waals surface area contributed by atoms with E-state index in [2.05, 4.69) is 9.88 Å². The Morgan fingerprint density at radius 1 is 1.43 bits per heavy atom. The second kappa shape index (κ2) is 5.79. The number of benzene rings is 1. The Hall–Kier alpha value is -1.99. The van der Waals surface area contributed by atoms with Crippen molar-refractivity contribution < 1.29 is 13.9 Å². The number of nitrogens with two attached hydrogens (primary N) is 1. The highest BCUT2D eigenvalue weighted by Crippen LogP contribution is 2.28. The quantitative estimate of drug-likeness (QED) is 0.941. The molecular weight excluding hydrogens is 293 g/mol. The third-order valence-corrected chi connectivity index (χ3v) is 4.22. The van der Waals surface area contributed by atoms with Gasteiger partial charge < -0.3 is 15.4 Å². The van der Waals surface area contributed by atoms with Crippen molar-refractivity contribution in [3.8, 4) is 0 Å². The molecule has 1 aliphatic heterocycles. The van der Waals surface area contributed by atoms with Gasteiger partial charge in [0.25, 0.3) is 5.91 Å². The number of primary amides is 1. The number of aromatic nitrogens is 1. The summed E-state index contributed by atoms with van der Waals surface area (Å²) in [7, 11) is 0. The van der Waals surface area contributed by atoms with E-state index >= 15 is 0 Å². The zero-order chi connectivity index (χ0) is 14.8. The molecule has 2 heterocycles. The molecule has 0 aliphatic carbocycles. The monoisotopic (exact) mass is 307 g/mol. The summed E-state index contributed by atoms with van der Waals surface area (Å²) in [6.45, 7) is 1.86. The Bertz CT molecular complexity index is 644. The van der Waals surface area contributed by atoms with Gasteiger partial charge >= 0.3 is 0 Å². The number of carbonyl (C=O) groups excluding carboxylic acids is 1. The second-order valence-electron chi connectivity index (χ2n) is 4.74. The fourth-order valence-electron chi connectivity index (χ4n) is 2.22. The fraction of sp³-hybridized carbons (Fsp3) is 0.286. The maximum Gasteiger partial charge on any atom is 0.268 e. The van der Waals surface area contributed by atoms with Crippen LogP contribution in [0.5, 0.6) is 0 Å². The first-order chi connectivity index (χ1) is 10.1. The average molecular weight is 307 g/mol. The number of amides is 1. The first-order valence-corrected chi connectivity index (χ1v) is 7.39. The van der Waals surface area contributed by atoms with Crippen LogP contribution < -0.4 is 10.6 Å². The number of anilines is 1. The summed E-state index contributed by atoms with van der Waals surface area (Å²) in [5.41, 5.74) is 6.42. The van der Waals surface area contributed by atoms with Gasteiger partial charge in [0.2, 0.25) is 0 Å². The lowest BCUT2D eigenvalue weighted by atomic mass is 10.1. The van der Waals surface area contributed by atoms with Crippen molar-refractivity contribution in [2.45, 2.75) is 6.10 Å². The number of morpholine rings is 1. The van der Waals surface area contributed by atoms with E-state index in [1.165, 1.54) is 23.5 Å². The third kappa shape index (κ3) is 3.03. The molecule has 0 spiro atoms. The molecule has 1 aliphatic rings. The largest absolute Gasteiger partial charge is 0.370 e. The van der Waals surface area contributed by atoms with Gasteiger partial charge in [-0.05, 0) is 17.7 Å². The number of carbonyl (C=O) groups is 1. The maximum absolute atomic E-state index is 13.0. The van der Waals surface area contributed by atoms with Crippen LogP contribution in [0.15, 0.2) is 29.6 Å². The SMILES string of the molecule is NC(=O)c1csc(N2CCOC(c3ccc(F)cc3)C2)n1. The van der Waals surface area contributed by atoms with Crippen LogP contribution in [-0.2, 0) is 4.74 Å². The van der Waals surface area contributed by atoms with Gasteiger partial charge in [0, 0.05) is 11.9 Å². The number of halogens is 1. The number of ether oxygens (including phenoxy) is 1. The summed E-state index contributed by atoms with van der Waals surface area (Å²) in [6.07, 6.45) is -0.139. The summed E-state index contributed by atoms with van der Waals surface area (Å²) in [5, 5.41) is 2.40.